The summed E-state index contributed by atoms with van der Waals surface area (Å²) in [6, 6.07) is 2.37. The Hall–Kier alpha value is -0.280. The molecule has 102 valence electrons. The highest BCUT2D eigenvalue weighted by molar-refractivity contribution is 7.74. The average Bonchev–Trinajstić information content (AvgIpc) is 2.41. The van der Waals surface area contributed by atoms with Crippen LogP contribution in [-0.4, -0.2) is 17.3 Å². The van der Waals surface area contributed by atoms with E-state index in [0.29, 0.717) is 11.8 Å². The first-order valence-corrected chi connectivity index (χ1v) is 7.15. The predicted octanol–water partition coefficient (Wildman–Crippen LogP) is 2.64. The van der Waals surface area contributed by atoms with Crippen LogP contribution in [0.4, 0.5) is 0 Å². The van der Waals surface area contributed by atoms with Crippen LogP contribution in [0.3, 0.4) is 0 Å². The van der Waals surface area contributed by atoms with E-state index in [1.54, 1.807) is 0 Å². The van der Waals surface area contributed by atoms with Gasteiger partial charge >= 0.3 is 0 Å². The lowest BCUT2D eigenvalue weighted by molar-refractivity contribution is -0.262. The monoisotopic (exact) mass is 271 g/mol. The highest BCUT2D eigenvalue weighted by atomic mass is 32.1. The van der Waals surface area contributed by atoms with Crippen LogP contribution in [0.5, 0.6) is 0 Å². The molecule has 18 heavy (non-hydrogen) atoms. The molecule has 0 saturated heterocycles. The molecule has 0 amide bonds. The number of nitrogens with zero attached hydrogens (tertiary/aromatic N) is 1. The van der Waals surface area contributed by atoms with Gasteiger partial charge in [0.1, 0.15) is 6.10 Å². The van der Waals surface area contributed by atoms with E-state index in [1.807, 2.05) is 0 Å². The maximum Gasteiger partial charge on any atom is 0.120 e. The van der Waals surface area contributed by atoms with Gasteiger partial charge in [0.25, 0.3) is 0 Å². The molecule has 1 N–H and O–H groups in total. The van der Waals surface area contributed by atoms with Crippen molar-refractivity contribution in [1.29, 1.82) is 5.26 Å². The van der Waals surface area contributed by atoms with Gasteiger partial charge in [0.15, 0.2) is 0 Å². The summed E-state index contributed by atoms with van der Waals surface area (Å²) in [5.41, 5.74) is 0. The minimum absolute atomic E-state index is 0.241. The summed E-state index contributed by atoms with van der Waals surface area (Å²) in [4.78, 5) is 4.94. The number of hydrogen-bond acceptors (Lipinski definition) is 5. The molecule has 0 aromatic heterocycles. The molecule has 4 nitrogen and oxygen atoms in total. The standard InChI is InChI=1S/C13H21NO3S/c14-8-9-1-3-10(4-2-9)11-5-6-13(16-17-18)12(15)7-11/h9-13,15,18H,1-7H2. The van der Waals surface area contributed by atoms with Gasteiger partial charge in [-0.3, -0.25) is 0 Å². The van der Waals surface area contributed by atoms with E-state index < -0.39 is 6.10 Å². The maximum atomic E-state index is 10.0. The van der Waals surface area contributed by atoms with Crippen LogP contribution < -0.4 is 0 Å². The molecule has 2 aliphatic rings. The molecule has 2 aliphatic carbocycles. The van der Waals surface area contributed by atoms with E-state index in [-0.39, 0.29) is 12.0 Å². The minimum Gasteiger partial charge on any atom is -0.390 e. The zero-order valence-electron chi connectivity index (χ0n) is 10.5. The van der Waals surface area contributed by atoms with Gasteiger partial charge in [0.05, 0.1) is 12.2 Å². The Balaban J connectivity index is 1.80. The molecule has 0 aromatic carbocycles. The number of aliphatic hydroxyl groups excluding tert-OH is 1. The molecule has 0 aromatic rings. The highest BCUT2D eigenvalue weighted by Crippen LogP contribution is 2.40. The number of aliphatic hydroxyl groups is 1. The molecule has 0 bridgehead atoms. The third-order valence-electron chi connectivity index (χ3n) is 4.58. The normalized spacial score (nSPS) is 41.3. The molecule has 0 aliphatic heterocycles. The number of rotatable bonds is 3. The fraction of sp³-hybridized carbons (Fsp3) is 0.923. The molecular formula is C13H21NO3S. The van der Waals surface area contributed by atoms with Crippen molar-refractivity contribution >= 4 is 12.9 Å². The second-order valence-corrected chi connectivity index (χ2v) is 5.74. The van der Waals surface area contributed by atoms with Crippen LogP contribution in [0.15, 0.2) is 0 Å². The van der Waals surface area contributed by atoms with Gasteiger partial charge in [-0.15, -0.1) is 0 Å². The van der Waals surface area contributed by atoms with Gasteiger partial charge in [-0.25, -0.2) is 4.89 Å². The third kappa shape index (κ3) is 3.39. The lowest BCUT2D eigenvalue weighted by atomic mass is 9.70. The summed E-state index contributed by atoms with van der Waals surface area (Å²) in [6.45, 7) is 0. The minimum atomic E-state index is -0.454. The Labute approximate surface area is 114 Å². The van der Waals surface area contributed by atoms with Crippen LogP contribution in [0.25, 0.3) is 0 Å². The van der Waals surface area contributed by atoms with E-state index in [9.17, 15) is 5.11 Å². The van der Waals surface area contributed by atoms with E-state index in [2.05, 4.69) is 23.3 Å². The predicted molar refractivity (Wildman–Crippen MR) is 69.4 cm³/mol. The van der Waals surface area contributed by atoms with Crippen molar-refractivity contribution in [3.05, 3.63) is 0 Å². The Kier molecular flexibility index (Phi) is 5.31. The molecule has 0 radical (unpaired) electrons. The van der Waals surface area contributed by atoms with Crippen molar-refractivity contribution in [3.8, 4) is 6.07 Å². The van der Waals surface area contributed by atoms with E-state index in [4.69, 9.17) is 10.1 Å². The third-order valence-corrected chi connectivity index (χ3v) is 4.67. The van der Waals surface area contributed by atoms with Crippen LogP contribution >= 0.6 is 12.9 Å². The smallest absolute Gasteiger partial charge is 0.120 e. The first-order chi connectivity index (χ1) is 8.74. The van der Waals surface area contributed by atoms with E-state index in [1.165, 1.54) is 0 Å². The number of hydrogen-bond donors (Lipinski definition) is 2. The molecule has 2 fully saturated rings. The fourth-order valence-electron chi connectivity index (χ4n) is 3.47. The Bertz CT molecular complexity index is 299. The number of thiol groups is 1. The lowest BCUT2D eigenvalue weighted by Gasteiger charge is -2.38. The second-order valence-electron chi connectivity index (χ2n) is 5.59. The molecular weight excluding hydrogens is 250 g/mol. The summed E-state index contributed by atoms with van der Waals surface area (Å²) < 4.78 is 4.36. The largest absolute Gasteiger partial charge is 0.390 e. The van der Waals surface area contributed by atoms with E-state index in [0.717, 1.165) is 44.9 Å². The van der Waals surface area contributed by atoms with Gasteiger partial charge in [0, 0.05) is 18.8 Å². The van der Waals surface area contributed by atoms with Gasteiger partial charge in [-0.1, -0.05) is 0 Å². The summed E-state index contributed by atoms with van der Waals surface area (Å²) >= 11 is 3.55. The first kappa shape index (κ1) is 14.1. The average molecular weight is 271 g/mol. The Morgan fingerprint density at radius 3 is 2.28 bits per heavy atom. The van der Waals surface area contributed by atoms with Crippen molar-refractivity contribution in [3.63, 3.8) is 0 Å². The highest BCUT2D eigenvalue weighted by Gasteiger charge is 2.36. The van der Waals surface area contributed by atoms with Gasteiger partial charge < -0.3 is 5.11 Å². The molecule has 3 unspecified atom stereocenters. The molecule has 0 spiro atoms. The van der Waals surface area contributed by atoms with Crippen LogP contribution in [0, 0.1) is 29.1 Å². The number of nitriles is 1. The van der Waals surface area contributed by atoms with Crippen molar-refractivity contribution in [1.82, 2.24) is 0 Å². The molecule has 5 heteroatoms. The van der Waals surface area contributed by atoms with Crippen molar-refractivity contribution < 1.29 is 14.3 Å². The quantitative estimate of drug-likeness (QED) is 0.358. The van der Waals surface area contributed by atoms with E-state index >= 15 is 0 Å². The zero-order chi connectivity index (χ0) is 13.0. The Morgan fingerprint density at radius 2 is 1.72 bits per heavy atom. The SMILES string of the molecule is N#CC1CCC(C2CCC(OOS)C(O)C2)CC1. The summed E-state index contributed by atoms with van der Waals surface area (Å²) in [5.74, 6) is 1.49. The summed E-state index contributed by atoms with van der Waals surface area (Å²) in [5, 5.41) is 18.9. The van der Waals surface area contributed by atoms with Crippen molar-refractivity contribution in [2.75, 3.05) is 0 Å². The molecule has 2 rings (SSSR count). The molecule has 0 heterocycles. The summed E-state index contributed by atoms with van der Waals surface area (Å²) in [7, 11) is 0. The van der Waals surface area contributed by atoms with Crippen LogP contribution in [0.1, 0.15) is 44.9 Å². The fourth-order valence-corrected chi connectivity index (χ4v) is 3.58. The van der Waals surface area contributed by atoms with Gasteiger partial charge in [-0.2, -0.15) is 9.60 Å². The topological polar surface area (TPSA) is 62.5 Å². The van der Waals surface area contributed by atoms with Crippen LogP contribution in [0.2, 0.25) is 0 Å². The first-order valence-electron chi connectivity index (χ1n) is 6.79. The second kappa shape index (κ2) is 6.76. The van der Waals surface area contributed by atoms with Crippen LogP contribution in [-0.2, 0) is 9.22 Å². The lowest BCUT2D eigenvalue weighted by Crippen LogP contribution is -2.38. The van der Waals surface area contributed by atoms with Crippen molar-refractivity contribution in [2.45, 2.75) is 57.2 Å². The van der Waals surface area contributed by atoms with Gasteiger partial charge in [-0.05, 0) is 56.8 Å². The Morgan fingerprint density at radius 1 is 1.06 bits per heavy atom. The molecule has 3 atom stereocenters. The van der Waals surface area contributed by atoms with Crippen molar-refractivity contribution in [2.24, 2.45) is 17.8 Å². The summed E-state index contributed by atoms with van der Waals surface area (Å²) in [6.07, 6.45) is 6.28. The molecule has 2 saturated carbocycles. The van der Waals surface area contributed by atoms with Gasteiger partial charge in [0.2, 0.25) is 0 Å². The maximum absolute atomic E-state index is 10.0. The zero-order valence-corrected chi connectivity index (χ0v) is 11.4.